The number of hydrogen-bond acceptors (Lipinski definition) is 2. The lowest BCUT2D eigenvalue weighted by atomic mass is 9.76. The van der Waals surface area contributed by atoms with Crippen molar-refractivity contribution < 1.29 is 17.9 Å². The van der Waals surface area contributed by atoms with Gasteiger partial charge in [0.2, 0.25) is 0 Å². The third kappa shape index (κ3) is 3.90. The molecule has 0 radical (unpaired) electrons. The molecule has 1 fully saturated rings. The van der Waals surface area contributed by atoms with Gasteiger partial charge in [-0.05, 0) is 44.6 Å². The lowest BCUT2D eigenvalue weighted by molar-refractivity contribution is -0.184. The van der Waals surface area contributed by atoms with Crippen LogP contribution in [0.1, 0.15) is 44.2 Å². The Bertz CT molecular complexity index is 453. The average molecular weight is 301 g/mol. The van der Waals surface area contributed by atoms with Crippen molar-refractivity contribution >= 4 is 0 Å². The Kier molecular flexibility index (Phi) is 5.14. The number of rotatable bonds is 4. The van der Waals surface area contributed by atoms with E-state index in [9.17, 15) is 13.2 Å². The van der Waals surface area contributed by atoms with E-state index in [-0.39, 0.29) is 24.8 Å². The van der Waals surface area contributed by atoms with E-state index in [0.717, 1.165) is 11.3 Å². The molecular formula is C16H22F3NO. The highest BCUT2D eigenvalue weighted by Gasteiger charge is 2.42. The summed E-state index contributed by atoms with van der Waals surface area (Å²) in [5, 5.41) is 0. The van der Waals surface area contributed by atoms with Crippen molar-refractivity contribution in [2.45, 2.75) is 44.8 Å². The molecule has 1 aliphatic carbocycles. The molecule has 1 unspecified atom stereocenters. The minimum absolute atomic E-state index is 0.0882. The Balaban J connectivity index is 2.04. The number of hydrogen-bond donors (Lipinski definition) is 1. The fraction of sp³-hybridized carbons (Fsp3) is 0.625. The fourth-order valence-corrected chi connectivity index (χ4v) is 3.10. The minimum Gasteiger partial charge on any atom is -0.494 e. The topological polar surface area (TPSA) is 35.2 Å². The first-order chi connectivity index (χ1) is 9.93. The molecule has 21 heavy (non-hydrogen) atoms. The van der Waals surface area contributed by atoms with Gasteiger partial charge in [0, 0.05) is 11.6 Å². The van der Waals surface area contributed by atoms with E-state index < -0.39 is 12.1 Å². The van der Waals surface area contributed by atoms with Gasteiger partial charge in [-0.1, -0.05) is 18.2 Å². The molecule has 0 spiro atoms. The maximum absolute atomic E-state index is 12.7. The van der Waals surface area contributed by atoms with Crippen molar-refractivity contribution in [2.75, 3.05) is 6.61 Å². The van der Waals surface area contributed by atoms with Crippen molar-refractivity contribution in [2.24, 2.45) is 17.6 Å². The number of halogens is 3. The Morgan fingerprint density at radius 1 is 1.19 bits per heavy atom. The number of ether oxygens (including phenoxy) is 1. The smallest absolute Gasteiger partial charge is 0.391 e. The quantitative estimate of drug-likeness (QED) is 0.891. The number of nitrogens with two attached hydrogens (primary N) is 1. The summed E-state index contributed by atoms with van der Waals surface area (Å²) >= 11 is 0. The predicted molar refractivity (Wildman–Crippen MR) is 76.0 cm³/mol. The molecule has 1 saturated carbocycles. The van der Waals surface area contributed by atoms with Crippen molar-refractivity contribution in [3.63, 3.8) is 0 Å². The van der Waals surface area contributed by atoms with Crippen LogP contribution in [-0.2, 0) is 0 Å². The first kappa shape index (κ1) is 16.1. The molecule has 2 N–H and O–H groups in total. The van der Waals surface area contributed by atoms with Crippen LogP contribution in [0.5, 0.6) is 5.75 Å². The monoisotopic (exact) mass is 301 g/mol. The molecule has 0 bridgehead atoms. The van der Waals surface area contributed by atoms with E-state index in [2.05, 4.69) is 0 Å². The van der Waals surface area contributed by atoms with Crippen LogP contribution >= 0.6 is 0 Å². The van der Waals surface area contributed by atoms with Gasteiger partial charge in [-0.15, -0.1) is 0 Å². The Hall–Kier alpha value is -1.23. The minimum atomic E-state index is -4.07. The zero-order valence-corrected chi connectivity index (χ0v) is 12.2. The largest absolute Gasteiger partial charge is 0.494 e. The first-order valence-electron chi connectivity index (χ1n) is 7.47. The van der Waals surface area contributed by atoms with Crippen LogP contribution in [0.15, 0.2) is 24.3 Å². The van der Waals surface area contributed by atoms with Gasteiger partial charge in [-0.3, -0.25) is 0 Å². The molecule has 0 aliphatic heterocycles. The zero-order valence-electron chi connectivity index (χ0n) is 12.2. The lowest BCUT2D eigenvalue weighted by Gasteiger charge is -2.33. The van der Waals surface area contributed by atoms with Crippen molar-refractivity contribution in [3.05, 3.63) is 29.8 Å². The molecule has 1 aliphatic rings. The third-order valence-corrected chi connectivity index (χ3v) is 4.32. The van der Waals surface area contributed by atoms with Crippen molar-refractivity contribution in [1.82, 2.24) is 0 Å². The molecule has 118 valence electrons. The Morgan fingerprint density at radius 2 is 1.81 bits per heavy atom. The summed E-state index contributed by atoms with van der Waals surface area (Å²) in [6.45, 7) is 2.45. The van der Waals surface area contributed by atoms with Gasteiger partial charge >= 0.3 is 6.18 Å². The fourth-order valence-electron chi connectivity index (χ4n) is 3.10. The zero-order chi connectivity index (χ0) is 15.5. The van der Waals surface area contributed by atoms with Crippen LogP contribution in [0.25, 0.3) is 0 Å². The maximum atomic E-state index is 12.7. The van der Waals surface area contributed by atoms with Crippen LogP contribution in [-0.4, -0.2) is 12.8 Å². The van der Waals surface area contributed by atoms with Crippen LogP contribution in [0.2, 0.25) is 0 Å². The molecule has 2 rings (SSSR count). The molecule has 1 aromatic rings. The van der Waals surface area contributed by atoms with Gasteiger partial charge in [0.25, 0.3) is 0 Å². The van der Waals surface area contributed by atoms with Crippen molar-refractivity contribution in [1.29, 1.82) is 0 Å². The standard InChI is InChI=1S/C16H22F3NO/c1-2-21-14-6-4-3-5-13(14)15(20)11-7-9-12(10-8-11)16(17,18)19/h3-6,11-12,15H,2,7-10,20H2,1H3. The molecule has 1 atom stereocenters. The van der Waals surface area contributed by atoms with Crippen molar-refractivity contribution in [3.8, 4) is 5.75 Å². The summed E-state index contributed by atoms with van der Waals surface area (Å²) in [4.78, 5) is 0. The van der Waals surface area contributed by atoms with Gasteiger partial charge in [0.15, 0.2) is 0 Å². The molecular weight excluding hydrogens is 279 g/mol. The van der Waals surface area contributed by atoms with Crippen LogP contribution in [0.3, 0.4) is 0 Å². The molecule has 0 saturated heterocycles. The number of alkyl halides is 3. The van der Waals surface area contributed by atoms with E-state index in [1.807, 2.05) is 31.2 Å². The van der Waals surface area contributed by atoms with E-state index in [1.165, 1.54) is 0 Å². The number of para-hydroxylation sites is 1. The summed E-state index contributed by atoms with van der Waals surface area (Å²) in [7, 11) is 0. The van der Waals surface area contributed by atoms with Crippen LogP contribution in [0.4, 0.5) is 13.2 Å². The Labute approximate surface area is 123 Å². The van der Waals surface area contributed by atoms with Gasteiger partial charge < -0.3 is 10.5 Å². The normalized spacial score (nSPS) is 24.6. The number of benzene rings is 1. The second-order valence-corrected chi connectivity index (χ2v) is 5.65. The molecule has 0 heterocycles. The van der Waals surface area contributed by atoms with E-state index in [0.29, 0.717) is 19.4 Å². The molecule has 2 nitrogen and oxygen atoms in total. The van der Waals surface area contributed by atoms with Crippen LogP contribution < -0.4 is 10.5 Å². The maximum Gasteiger partial charge on any atom is 0.391 e. The highest BCUT2D eigenvalue weighted by Crippen LogP contribution is 2.43. The van der Waals surface area contributed by atoms with Gasteiger partial charge in [-0.25, -0.2) is 0 Å². The predicted octanol–water partition coefficient (Wildman–Crippen LogP) is 4.45. The molecule has 1 aromatic carbocycles. The Morgan fingerprint density at radius 3 is 2.38 bits per heavy atom. The summed E-state index contributed by atoms with van der Waals surface area (Å²) in [5.74, 6) is -0.335. The second kappa shape index (κ2) is 6.69. The van der Waals surface area contributed by atoms with Gasteiger partial charge in [0.05, 0.1) is 12.5 Å². The highest BCUT2D eigenvalue weighted by atomic mass is 19.4. The highest BCUT2D eigenvalue weighted by molar-refractivity contribution is 5.36. The molecule has 0 amide bonds. The van der Waals surface area contributed by atoms with Gasteiger partial charge in [-0.2, -0.15) is 13.2 Å². The summed E-state index contributed by atoms with van der Waals surface area (Å²) in [6, 6.07) is 7.27. The van der Waals surface area contributed by atoms with E-state index in [4.69, 9.17) is 10.5 Å². The van der Waals surface area contributed by atoms with Crippen LogP contribution in [0, 0.1) is 11.8 Å². The van der Waals surface area contributed by atoms with Gasteiger partial charge in [0.1, 0.15) is 5.75 Å². The SMILES string of the molecule is CCOc1ccccc1C(N)C1CCC(C(F)(F)F)CC1. The second-order valence-electron chi connectivity index (χ2n) is 5.65. The summed E-state index contributed by atoms with van der Waals surface area (Å²) in [5.41, 5.74) is 7.19. The lowest BCUT2D eigenvalue weighted by Crippen LogP contribution is -2.32. The summed E-state index contributed by atoms with van der Waals surface area (Å²) < 4.78 is 43.7. The first-order valence-corrected chi connectivity index (χ1v) is 7.47. The van der Waals surface area contributed by atoms with E-state index >= 15 is 0 Å². The summed E-state index contributed by atoms with van der Waals surface area (Å²) in [6.07, 6.45) is -2.67. The van der Waals surface area contributed by atoms with E-state index in [1.54, 1.807) is 0 Å². The third-order valence-electron chi connectivity index (χ3n) is 4.32. The molecule has 5 heteroatoms. The molecule has 0 aromatic heterocycles. The average Bonchev–Trinajstić information content (AvgIpc) is 2.47.